The van der Waals surface area contributed by atoms with Crippen molar-refractivity contribution in [3.63, 3.8) is 0 Å². The van der Waals surface area contributed by atoms with Crippen LogP contribution < -0.4 is 5.32 Å². The first kappa shape index (κ1) is 14.2. The van der Waals surface area contributed by atoms with E-state index < -0.39 is 0 Å². The van der Waals surface area contributed by atoms with E-state index in [0.717, 1.165) is 5.56 Å². The molecule has 0 saturated carbocycles. The van der Waals surface area contributed by atoms with Crippen LogP contribution >= 0.6 is 0 Å². The van der Waals surface area contributed by atoms with E-state index in [2.05, 4.69) is 16.1 Å². The zero-order valence-corrected chi connectivity index (χ0v) is 10.5. The van der Waals surface area contributed by atoms with Crippen LogP contribution in [0.5, 0.6) is 0 Å². The van der Waals surface area contributed by atoms with Crippen LogP contribution in [0.25, 0.3) is 0 Å². The minimum atomic E-state index is -0.373. The molecule has 0 radical (unpaired) electrons. The Balaban J connectivity index is 2.53. The van der Waals surface area contributed by atoms with Crippen molar-refractivity contribution in [1.29, 1.82) is 5.26 Å². The molecule has 0 saturated heterocycles. The molecule has 0 aliphatic heterocycles. The quantitative estimate of drug-likeness (QED) is 0.763. The summed E-state index contributed by atoms with van der Waals surface area (Å²) < 4.78 is 10.0. The molecule has 96 valence electrons. The van der Waals surface area contributed by atoms with Gasteiger partial charge in [-0.3, -0.25) is 0 Å². The molecule has 5 heteroatoms. The molecule has 0 spiro atoms. The van der Waals surface area contributed by atoms with E-state index in [1.807, 2.05) is 6.07 Å². The van der Waals surface area contributed by atoms with Crippen LogP contribution in [-0.2, 0) is 16.1 Å². The lowest BCUT2D eigenvalue weighted by molar-refractivity contribution is 0.0600. The number of carbonyl (C=O) groups excluding carboxylic acids is 1. The molecule has 1 rings (SSSR count). The summed E-state index contributed by atoms with van der Waals surface area (Å²) in [6.45, 7) is 0.653. The van der Waals surface area contributed by atoms with Crippen molar-refractivity contribution in [3.8, 4) is 6.07 Å². The number of benzene rings is 1. The zero-order valence-electron chi connectivity index (χ0n) is 10.5. The van der Waals surface area contributed by atoms with E-state index in [9.17, 15) is 4.79 Å². The Bertz CT molecular complexity index is 440. The van der Waals surface area contributed by atoms with Crippen molar-refractivity contribution < 1.29 is 14.3 Å². The molecular weight excluding hydrogens is 232 g/mol. The summed E-state index contributed by atoms with van der Waals surface area (Å²) in [5.74, 6) is -0.373. The van der Waals surface area contributed by atoms with Crippen molar-refractivity contribution in [2.24, 2.45) is 0 Å². The third-order valence-electron chi connectivity index (χ3n) is 2.41. The van der Waals surface area contributed by atoms with Gasteiger partial charge in [0.25, 0.3) is 0 Å². The number of carbonyl (C=O) groups is 1. The first-order valence-electron chi connectivity index (χ1n) is 5.53. The summed E-state index contributed by atoms with van der Waals surface area (Å²) in [6, 6.07) is 8.76. The smallest absolute Gasteiger partial charge is 0.337 e. The van der Waals surface area contributed by atoms with E-state index in [0.29, 0.717) is 18.8 Å². The normalized spacial score (nSPS) is 11.6. The van der Waals surface area contributed by atoms with Gasteiger partial charge in [0.05, 0.1) is 32.0 Å². The van der Waals surface area contributed by atoms with Gasteiger partial charge in [0.1, 0.15) is 6.04 Å². The first-order chi connectivity index (χ1) is 8.71. The number of nitrogens with zero attached hydrogens (tertiary/aromatic N) is 1. The molecule has 1 unspecified atom stereocenters. The van der Waals surface area contributed by atoms with E-state index in [-0.39, 0.29) is 12.0 Å². The molecule has 0 aliphatic carbocycles. The maximum absolute atomic E-state index is 11.3. The Kier molecular flexibility index (Phi) is 5.85. The molecule has 1 aromatic carbocycles. The van der Waals surface area contributed by atoms with Crippen molar-refractivity contribution in [1.82, 2.24) is 5.32 Å². The summed E-state index contributed by atoms with van der Waals surface area (Å²) in [7, 11) is 3.05. The third-order valence-corrected chi connectivity index (χ3v) is 2.41. The van der Waals surface area contributed by atoms with Crippen LogP contribution in [0.15, 0.2) is 24.3 Å². The first-order valence-corrected chi connectivity index (χ1v) is 5.53. The Morgan fingerprint density at radius 2 is 2.33 bits per heavy atom. The number of nitrogens with one attached hydrogen (secondary N) is 1. The van der Waals surface area contributed by atoms with Gasteiger partial charge in [-0.2, -0.15) is 5.26 Å². The van der Waals surface area contributed by atoms with Gasteiger partial charge >= 0.3 is 5.97 Å². The molecule has 18 heavy (non-hydrogen) atoms. The number of methoxy groups -OCH3 is 1. The third kappa shape index (κ3) is 4.17. The van der Waals surface area contributed by atoms with Gasteiger partial charge in [0, 0.05) is 0 Å². The zero-order chi connectivity index (χ0) is 13.4. The average molecular weight is 248 g/mol. The molecule has 0 aliphatic rings. The number of esters is 1. The maximum Gasteiger partial charge on any atom is 0.337 e. The number of hydrogen-bond donors (Lipinski definition) is 1. The topological polar surface area (TPSA) is 71.3 Å². The largest absolute Gasteiger partial charge is 0.465 e. The highest BCUT2D eigenvalue weighted by atomic mass is 16.5. The number of nitriles is 1. The van der Waals surface area contributed by atoms with Gasteiger partial charge in [-0.05, 0) is 24.7 Å². The highest BCUT2D eigenvalue weighted by molar-refractivity contribution is 5.89. The lowest BCUT2D eigenvalue weighted by Crippen LogP contribution is -2.28. The van der Waals surface area contributed by atoms with Gasteiger partial charge in [-0.1, -0.05) is 12.1 Å². The van der Waals surface area contributed by atoms with Crippen LogP contribution in [0.1, 0.15) is 15.9 Å². The van der Waals surface area contributed by atoms with E-state index in [1.54, 1.807) is 25.2 Å². The summed E-state index contributed by atoms with van der Waals surface area (Å²) in [5, 5.41) is 11.5. The number of rotatable bonds is 6. The van der Waals surface area contributed by atoms with E-state index in [1.165, 1.54) is 7.11 Å². The number of hydrogen-bond acceptors (Lipinski definition) is 5. The van der Waals surface area contributed by atoms with Crippen molar-refractivity contribution in [2.75, 3.05) is 20.8 Å². The maximum atomic E-state index is 11.3. The minimum Gasteiger partial charge on any atom is -0.465 e. The van der Waals surface area contributed by atoms with Crippen molar-refractivity contribution in [2.45, 2.75) is 12.6 Å². The van der Waals surface area contributed by atoms with Crippen molar-refractivity contribution >= 4 is 5.97 Å². The highest BCUT2D eigenvalue weighted by Crippen LogP contribution is 2.08. The Labute approximate surface area is 106 Å². The summed E-state index contributed by atoms with van der Waals surface area (Å²) in [6.07, 6.45) is 0. The monoisotopic (exact) mass is 248 g/mol. The average Bonchev–Trinajstić information content (AvgIpc) is 2.43. The predicted octanol–water partition coefficient (Wildman–Crippen LogP) is 1.10. The molecule has 5 nitrogen and oxygen atoms in total. The summed E-state index contributed by atoms with van der Waals surface area (Å²) in [5.41, 5.74) is 1.36. The SMILES string of the molecule is CNC(C#N)COCc1cccc(C(=O)OC)c1. The fourth-order valence-corrected chi connectivity index (χ4v) is 1.39. The van der Waals surface area contributed by atoms with Gasteiger partial charge in [0.2, 0.25) is 0 Å². The lowest BCUT2D eigenvalue weighted by atomic mass is 10.1. The standard InChI is InChI=1S/C13H16N2O3/c1-15-12(7-14)9-18-8-10-4-3-5-11(6-10)13(16)17-2/h3-6,12,15H,8-9H2,1-2H3. The minimum absolute atomic E-state index is 0.301. The Morgan fingerprint density at radius 3 is 2.94 bits per heavy atom. The lowest BCUT2D eigenvalue weighted by Gasteiger charge is -2.09. The second kappa shape index (κ2) is 7.43. The van der Waals surface area contributed by atoms with Gasteiger partial charge in [-0.25, -0.2) is 4.79 Å². The van der Waals surface area contributed by atoms with Crippen LogP contribution in [-0.4, -0.2) is 32.8 Å². The fraction of sp³-hybridized carbons (Fsp3) is 0.385. The fourth-order valence-electron chi connectivity index (χ4n) is 1.39. The van der Waals surface area contributed by atoms with Crippen molar-refractivity contribution in [3.05, 3.63) is 35.4 Å². The predicted molar refractivity (Wildman–Crippen MR) is 65.9 cm³/mol. The molecule has 0 aromatic heterocycles. The molecule has 0 bridgehead atoms. The second-order valence-corrected chi connectivity index (χ2v) is 3.68. The molecule has 0 fully saturated rings. The van der Waals surface area contributed by atoms with Crippen LogP contribution in [0, 0.1) is 11.3 Å². The Morgan fingerprint density at radius 1 is 1.56 bits per heavy atom. The molecule has 0 amide bonds. The van der Waals surface area contributed by atoms with Gasteiger partial charge in [0.15, 0.2) is 0 Å². The highest BCUT2D eigenvalue weighted by Gasteiger charge is 2.07. The van der Waals surface area contributed by atoms with Crippen LogP contribution in [0.4, 0.5) is 0 Å². The Hall–Kier alpha value is -1.90. The number of likely N-dealkylation sites (N-methyl/N-ethyl adjacent to an activating group) is 1. The van der Waals surface area contributed by atoms with E-state index >= 15 is 0 Å². The molecule has 1 aromatic rings. The second-order valence-electron chi connectivity index (χ2n) is 3.68. The van der Waals surface area contributed by atoms with Gasteiger partial charge < -0.3 is 14.8 Å². The molecule has 1 atom stereocenters. The van der Waals surface area contributed by atoms with Crippen LogP contribution in [0.2, 0.25) is 0 Å². The number of ether oxygens (including phenoxy) is 2. The molecular formula is C13H16N2O3. The van der Waals surface area contributed by atoms with Crippen LogP contribution in [0.3, 0.4) is 0 Å². The van der Waals surface area contributed by atoms with E-state index in [4.69, 9.17) is 10.00 Å². The summed E-state index contributed by atoms with van der Waals surface area (Å²) >= 11 is 0. The van der Waals surface area contributed by atoms with Gasteiger partial charge in [-0.15, -0.1) is 0 Å². The molecule has 0 heterocycles. The summed E-state index contributed by atoms with van der Waals surface area (Å²) in [4.78, 5) is 11.3. The molecule has 1 N–H and O–H groups in total.